The molecule has 1 N–H and O–H groups in total. The third-order valence-corrected chi connectivity index (χ3v) is 3.28. The third-order valence-electron chi connectivity index (χ3n) is 3.00. The average molecular weight is 338 g/mol. The summed E-state index contributed by atoms with van der Waals surface area (Å²) in [7, 11) is 0. The van der Waals surface area contributed by atoms with Crippen LogP contribution >= 0.6 is 11.6 Å². The van der Waals surface area contributed by atoms with Gasteiger partial charge in [-0.05, 0) is 17.5 Å². The van der Waals surface area contributed by atoms with Gasteiger partial charge >= 0.3 is 0 Å². The van der Waals surface area contributed by atoms with Crippen molar-refractivity contribution in [3.63, 3.8) is 0 Å². The molecule has 5 nitrogen and oxygen atoms in total. The molecule has 0 unspecified atom stereocenters. The monoisotopic (exact) mass is 337 g/mol. The summed E-state index contributed by atoms with van der Waals surface area (Å²) >= 11 is 6.04. The van der Waals surface area contributed by atoms with Crippen molar-refractivity contribution in [2.75, 3.05) is 5.32 Å². The minimum atomic E-state index is -0.620. The molecule has 23 heavy (non-hydrogen) atoms. The van der Waals surface area contributed by atoms with Crippen LogP contribution in [0.5, 0.6) is 11.6 Å². The lowest BCUT2D eigenvalue weighted by Crippen LogP contribution is -2.13. The lowest BCUT2D eigenvalue weighted by molar-refractivity contribution is -0.114. The number of carbonyl (C=O) groups excluding carboxylic acids is 1. The van der Waals surface area contributed by atoms with Crippen molar-refractivity contribution < 1.29 is 13.9 Å². The molecule has 1 amide bonds. The van der Waals surface area contributed by atoms with E-state index in [9.17, 15) is 9.18 Å². The van der Waals surface area contributed by atoms with Crippen LogP contribution in [0.1, 0.15) is 33.3 Å². The molecular formula is C16H17ClFN3O2. The molecule has 7 heteroatoms. The maximum absolute atomic E-state index is 14.0. The van der Waals surface area contributed by atoms with Crippen molar-refractivity contribution in [3.8, 4) is 11.6 Å². The van der Waals surface area contributed by atoms with Gasteiger partial charge in [0, 0.05) is 30.3 Å². The third kappa shape index (κ3) is 4.39. The Labute approximate surface area is 138 Å². The summed E-state index contributed by atoms with van der Waals surface area (Å²) in [6.07, 6.45) is 0. The highest BCUT2D eigenvalue weighted by Crippen LogP contribution is 2.32. The highest BCUT2D eigenvalue weighted by Gasteiger charge is 2.20. The van der Waals surface area contributed by atoms with Crippen LogP contribution in [0.15, 0.2) is 24.3 Å². The molecule has 2 rings (SSSR count). The van der Waals surface area contributed by atoms with Crippen LogP contribution in [-0.2, 0) is 10.2 Å². The standard InChI is InChI=1S/C16H17ClFN3O2/c1-9(22)19-10-5-6-13(12(18)7-10)23-14-8-11(16(2,3)4)15(17)21-20-14/h5-8H,1-4H3,(H,19,22). The quantitative estimate of drug-likeness (QED) is 0.906. The summed E-state index contributed by atoms with van der Waals surface area (Å²) in [6, 6.07) is 5.75. The predicted octanol–water partition coefficient (Wildman–Crippen LogP) is 4.32. The molecule has 1 aromatic heterocycles. The van der Waals surface area contributed by atoms with Crippen LogP contribution < -0.4 is 10.1 Å². The normalized spacial score (nSPS) is 11.2. The molecule has 0 aliphatic heterocycles. The second-order valence-corrected chi connectivity index (χ2v) is 6.42. The Bertz CT molecular complexity index is 745. The van der Waals surface area contributed by atoms with Crippen LogP contribution in [0, 0.1) is 5.82 Å². The van der Waals surface area contributed by atoms with Gasteiger partial charge in [0.05, 0.1) is 0 Å². The minimum absolute atomic E-state index is 0.0180. The molecule has 0 aliphatic carbocycles. The Morgan fingerprint density at radius 1 is 1.26 bits per heavy atom. The van der Waals surface area contributed by atoms with Gasteiger partial charge in [0.2, 0.25) is 11.8 Å². The Hall–Kier alpha value is -2.21. The summed E-state index contributed by atoms with van der Waals surface area (Å²) in [6.45, 7) is 7.27. The molecule has 0 spiro atoms. The van der Waals surface area contributed by atoms with E-state index in [1.54, 1.807) is 6.07 Å². The van der Waals surface area contributed by atoms with E-state index in [2.05, 4.69) is 15.5 Å². The first-order chi connectivity index (χ1) is 10.7. The van der Waals surface area contributed by atoms with Gasteiger partial charge in [-0.1, -0.05) is 32.4 Å². The van der Waals surface area contributed by atoms with E-state index in [1.807, 2.05) is 20.8 Å². The number of nitrogens with zero attached hydrogens (tertiary/aromatic N) is 2. The molecule has 122 valence electrons. The number of nitrogens with one attached hydrogen (secondary N) is 1. The Balaban J connectivity index is 2.27. The largest absolute Gasteiger partial charge is 0.434 e. The number of ether oxygens (including phenoxy) is 1. The predicted molar refractivity (Wildman–Crippen MR) is 86.5 cm³/mol. The number of halogens is 2. The Morgan fingerprint density at radius 2 is 1.96 bits per heavy atom. The summed E-state index contributed by atoms with van der Waals surface area (Å²) in [5, 5.41) is 10.4. The number of benzene rings is 1. The fourth-order valence-electron chi connectivity index (χ4n) is 1.91. The Morgan fingerprint density at radius 3 is 2.52 bits per heavy atom. The van der Waals surface area contributed by atoms with Gasteiger partial charge in [0.15, 0.2) is 16.7 Å². The number of hydrogen-bond acceptors (Lipinski definition) is 4. The SMILES string of the molecule is CC(=O)Nc1ccc(Oc2cc(C(C)(C)C)c(Cl)nn2)c(F)c1. The molecule has 1 aromatic carbocycles. The van der Waals surface area contributed by atoms with Crippen molar-refractivity contribution in [2.24, 2.45) is 0 Å². The van der Waals surface area contributed by atoms with E-state index in [0.29, 0.717) is 5.69 Å². The fourth-order valence-corrected chi connectivity index (χ4v) is 2.29. The van der Waals surface area contributed by atoms with Gasteiger partial charge in [0.25, 0.3) is 0 Å². The Kier molecular flexibility index (Phi) is 4.85. The maximum Gasteiger partial charge on any atom is 0.239 e. The molecule has 0 aliphatic rings. The first-order valence-corrected chi connectivity index (χ1v) is 7.33. The van der Waals surface area contributed by atoms with Gasteiger partial charge in [-0.15, -0.1) is 10.2 Å². The van der Waals surface area contributed by atoms with Gasteiger partial charge < -0.3 is 10.1 Å². The topological polar surface area (TPSA) is 64.1 Å². The van der Waals surface area contributed by atoms with Crippen molar-refractivity contribution in [2.45, 2.75) is 33.1 Å². The first-order valence-electron chi connectivity index (χ1n) is 6.95. The molecule has 2 aromatic rings. The number of carbonyl (C=O) groups is 1. The highest BCUT2D eigenvalue weighted by atomic mass is 35.5. The van der Waals surface area contributed by atoms with Crippen molar-refractivity contribution in [1.82, 2.24) is 10.2 Å². The van der Waals surface area contributed by atoms with Crippen LogP contribution in [0.25, 0.3) is 0 Å². The van der Waals surface area contributed by atoms with Crippen molar-refractivity contribution in [1.29, 1.82) is 0 Å². The van der Waals surface area contributed by atoms with Gasteiger partial charge in [-0.3, -0.25) is 4.79 Å². The number of anilines is 1. The minimum Gasteiger partial charge on any atom is -0.434 e. The van der Waals surface area contributed by atoms with Gasteiger partial charge in [0.1, 0.15) is 0 Å². The molecule has 0 saturated carbocycles. The van der Waals surface area contributed by atoms with E-state index in [-0.39, 0.29) is 28.1 Å². The number of hydrogen-bond donors (Lipinski definition) is 1. The summed E-state index contributed by atoms with van der Waals surface area (Å²) in [5.74, 6) is -0.775. The van der Waals surface area contributed by atoms with Crippen LogP contribution in [-0.4, -0.2) is 16.1 Å². The zero-order valence-electron chi connectivity index (χ0n) is 13.3. The maximum atomic E-state index is 14.0. The highest BCUT2D eigenvalue weighted by molar-refractivity contribution is 6.30. The van der Waals surface area contributed by atoms with E-state index in [4.69, 9.17) is 16.3 Å². The van der Waals surface area contributed by atoms with Gasteiger partial charge in [-0.25, -0.2) is 4.39 Å². The van der Waals surface area contributed by atoms with Crippen LogP contribution in [0.4, 0.5) is 10.1 Å². The number of rotatable bonds is 3. The van der Waals surface area contributed by atoms with Gasteiger partial charge in [-0.2, -0.15) is 0 Å². The molecular weight excluding hydrogens is 321 g/mol. The first kappa shape index (κ1) is 17.1. The van der Waals surface area contributed by atoms with Crippen molar-refractivity contribution >= 4 is 23.2 Å². The van der Waals surface area contributed by atoms with E-state index in [1.165, 1.54) is 25.1 Å². The van der Waals surface area contributed by atoms with E-state index in [0.717, 1.165) is 5.56 Å². The van der Waals surface area contributed by atoms with Crippen molar-refractivity contribution in [3.05, 3.63) is 40.8 Å². The summed E-state index contributed by atoms with van der Waals surface area (Å²) < 4.78 is 19.5. The summed E-state index contributed by atoms with van der Waals surface area (Å²) in [5.41, 5.74) is 0.846. The lowest BCUT2D eigenvalue weighted by Gasteiger charge is -2.20. The molecule has 0 fully saturated rings. The fraction of sp³-hybridized carbons (Fsp3) is 0.312. The van der Waals surface area contributed by atoms with E-state index < -0.39 is 5.82 Å². The molecule has 1 heterocycles. The smallest absolute Gasteiger partial charge is 0.239 e. The zero-order valence-corrected chi connectivity index (χ0v) is 14.0. The summed E-state index contributed by atoms with van der Waals surface area (Å²) in [4.78, 5) is 11.0. The second kappa shape index (κ2) is 6.50. The van der Waals surface area contributed by atoms with Crippen LogP contribution in [0.2, 0.25) is 5.15 Å². The number of amides is 1. The molecule has 0 atom stereocenters. The zero-order chi connectivity index (χ0) is 17.2. The van der Waals surface area contributed by atoms with Crippen LogP contribution in [0.3, 0.4) is 0 Å². The van der Waals surface area contributed by atoms with E-state index >= 15 is 0 Å². The average Bonchev–Trinajstić information content (AvgIpc) is 2.42. The lowest BCUT2D eigenvalue weighted by atomic mass is 9.88. The second-order valence-electron chi connectivity index (χ2n) is 6.07. The molecule has 0 saturated heterocycles. The molecule has 0 radical (unpaired) electrons. The number of aromatic nitrogens is 2. The molecule has 0 bridgehead atoms.